The average molecular weight is 160 g/mol. The zero-order chi connectivity index (χ0) is 6.53. The normalized spacial score (nSPS) is 9.89. The predicted octanol–water partition coefficient (Wildman–Crippen LogP) is 1.29. The maximum Gasteiger partial charge on any atom is 0.0795 e. The van der Waals surface area contributed by atoms with Gasteiger partial charge in [-0.25, -0.2) is 4.98 Å². The van der Waals surface area contributed by atoms with E-state index in [4.69, 9.17) is 5.73 Å². The van der Waals surface area contributed by atoms with E-state index < -0.39 is 0 Å². The molecule has 1 rings (SSSR count). The van der Waals surface area contributed by atoms with Crippen LogP contribution in [0.1, 0.15) is 5.69 Å². The van der Waals surface area contributed by atoms with E-state index in [0.29, 0.717) is 5.88 Å². The van der Waals surface area contributed by atoms with Crippen LogP contribution in [-0.2, 0) is 5.75 Å². The third-order valence-electron chi connectivity index (χ3n) is 0.851. The van der Waals surface area contributed by atoms with Crippen LogP contribution in [0.5, 0.6) is 0 Å². The van der Waals surface area contributed by atoms with Crippen molar-refractivity contribution < 1.29 is 0 Å². The van der Waals surface area contributed by atoms with Gasteiger partial charge in [-0.15, -0.1) is 23.1 Å². The van der Waals surface area contributed by atoms with Crippen molar-refractivity contribution in [3.8, 4) is 0 Å². The minimum Gasteiger partial charge on any atom is -0.322 e. The highest BCUT2D eigenvalue weighted by molar-refractivity contribution is 7.98. The van der Waals surface area contributed by atoms with E-state index in [-0.39, 0.29) is 0 Å². The highest BCUT2D eigenvalue weighted by Gasteiger charge is 1.91. The molecule has 0 amide bonds. The molecule has 0 fully saturated rings. The van der Waals surface area contributed by atoms with Gasteiger partial charge < -0.3 is 5.73 Å². The predicted molar refractivity (Wildman–Crippen MR) is 42.5 cm³/mol. The summed E-state index contributed by atoms with van der Waals surface area (Å²) in [6, 6.07) is 0. The molecule has 0 saturated carbocycles. The standard InChI is InChI=1S/C5H8N2S2/c6-3-8-1-5-2-9-4-7-5/h2,4H,1,3,6H2. The molecule has 0 aromatic carbocycles. The molecule has 2 N–H and O–H groups in total. The Labute approximate surface area is 62.5 Å². The Balaban J connectivity index is 2.30. The molecule has 2 nitrogen and oxygen atoms in total. The summed E-state index contributed by atoms with van der Waals surface area (Å²) in [4.78, 5) is 4.10. The Morgan fingerprint density at radius 2 is 2.67 bits per heavy atom. The van der Waals surface area contributed by atoms with Crippen LogP contribution in [0.4, 0.5) is 0 Å². The molecule has 1 heterocycles. The van der Waals surface area contributed by atoms with Gasteiger partial charge in [-0.2, -0.15) is 0 Å². The molecular formula is C5H8N2S2. The Bertz CT molecular complexity index is 150. The fraction of sp³-hybridized carbons (Fsp3) is 0.400. The number of hydrogen-bond acceptors (Lipinski definition) is 4. The Morgan fingerprint density at radius 1 is 1.78 bits per heavy atom. The van der Waals surface area contributed by atoms with Gasteiger partial charge in [0.2, 0.25) is 0 Å². The quantitative estimate of drug-likeness (QED) is 0.677. The molecule has 0 saturated heterocycles. The summed E-state index contributed by atoms with van der Waals surface area (Å²) in [5.41, 5.74) is 8.26. The van der Waals surface area contributed by atoms with Crippen molar-refractivity contribution in [2.75, 3.05) is 5.88 Å². The third-order valence-corrected chi connectivity index (χ3v) is 2.22. The smallest absolute Gasteiger partial charge is 0.0795 e. The molecule has 0 radical (unpaired) electrons. The minimum absolute atomic E-state index is 0.678. The fourth-order valence-electron chi connectivity index (χ4n) is 0.472. The van der Waals surface area contributed by atoms with Crippen LogP contribution in [-0.4, -0.2) is 10.9 Å². The first kappa shape index (κ1) is 7.05. The summed E-state index contributed by atoms with van der Waals surface area (Å²) in [6.07, 6.45) is 0. The summed E-state index contributed by atoms with van der Waals surface area (Å²) >= 11 is 3.31. The maximum absolute atomic E-state index is 5.28. The summed E-state index contributed by atoms with van der Waals surface area (Å²) < 4.78 is 0. The molecule has 0 bridgehead atoms. The molecule has 1 aromatic heterocycles. The molecule has 50 valence electrons. The van der Waals surface area contributed by atoms with Gasteiger partial charge in [-0.1, -0.05) is 0 Å². The molecule has 0 aliphatic rings. The van der Waals surface area contributed by atoms with Crippen molar-refractivity contribution in [1.82, 2.24) is 4.98 Å². The third kappa shape index (κ3) is 2.34. The van der Waals surface area contributed by atoms with Gasteiger partial charge >= 0.3 is 0 Å². The topological polar surface area (TPSA) is 38.9 Å². The minimum atomic E-state index is 0.678. The summed E-state index contributed by atoms with van der Waals surface area (Å²) in [5, 5.41) is 2.04. The second-order valence-electron chi connectivity index (χ2n) is 1.49. The monoisotopic (exact) mass is 160 g/mol. The molecule has 0 atom stereocenters. The lowest BCUT2D eigenvalue weighted by molar-refractivity contribution is 1.23. The van der Waals surface area contributed by atoms with Crippen molar-refractivity contribution in [2.24, 2.45) is 5.73 Å². The van der Waals surface area contributed by atoms with E-state index in [1.54, 1.807) is 23.1 Å². The van der Waals surface area contributed by atoms with E-state index in [0.717, 1.165) is 11.4 Å². The molecule has 1 aromatic rings. The van der Waals surface area contributed by atoms with Crippen molar-refractivity contribution in [1.29, 1.82) is 0 Å². The number of thiazole rings is 1. The number of nitrogens with zero attached hydrogens (tertiary/aromatic N) is 1. The number of aromatic nitrogens is 1. The van der Waals surface area contributed by atoms with Crippen LogP contribution in [0.3, 0.4) is 0 Å². The highest BCUT2D eigenvalue weighted by Crippen LogP contribution is 2.09. The van der Waals surface area contributed by atoms with E-state index in [9.17, 15) is 0 Å². The number of hydrogen-bond donors (Lipinski definition) is 1. The molecular weight excluding hydrogens is 152 g/mol. The van der Waals surface area contributed by atoms with Gasteiger partial charge in [0.05, 0.1) is 11.2 Å². The lowest BCUT2D eigenvalue weighted by Gasteiger charge is -1.90. The number of nitrogens with two attached hydrogens (primary N) is 1. The molecule has 0 unspecified atom stereocenters. The summed E-state index contributed by atoms with van der Waals surface area (Å²) in [5.74, 6) is 1.62. The fourth-order valence-corrected chi connectivity index (χ4v) is 1.62. The van der Waals surface area contributed by atoms with Gasteiger partial charge in [0.1, 0.15) is 0 Å². The van der Waals surface area contributed by atoms with Crippen molar-refractivity contribution in [3.05, 3.63) is 16.6 Å². The van der Waals surface area contributed by atoms with Gasteiger partial charge in [0.25, 0.3) is 0 Å². The first-order chi connectivity index (χ1) is 4.43. The zero-order valence-corrected chi connectivity index (χ0v) is 6.54. The number of thioether (sulfide) groups is 1. The van der Waals surface area contributed by atoms with E-state index in [2.05, 4.69) is 4.98 Å². The Kier molecular flexibility index (Phi) is 3.03. The van der Waals surface area contributed by atoms with Gasteiger partial charge in [0, 0.05) is 17.0 Å². The number of rotatable bonds is 3. The first-order valence-corrected chi connectivity index (χ1v) is 4.68. The molecule has 9 heavy (non-hydrogen) atoms. The van der Waals surface area contributed by atoms with Crippen LogP contribution < -0.4 is 5.73 Å². The molecule has 0 aliphatic carbocycles. The maximum atomic E-state index is 5.28. The average Bonchev–Trinajstić information content (AvgIpc) is 2.34. The van der Waals surface area contributed by atoms with E-state index >= 15 is 0 Å². The van der Waals surface area contributed by atoms with Crippen LogP contribution in [0.15, 0.2) is 10.9 Å². The second-order valence-corrected chi connectivity index (χ2v) is 3.24. The Hall–Kier alpha value is -0.0600. The van der Waals surface area contributed by atoms with Crippen LogP contribution in [0.25, 0.3) is 0 Å². The molecule has 0 spiro atoms. The van der Waals surface area contributed by atoms with Gasteiger partial charge in [-0.3, -0.25) is 0 Å². The zero-order valence-electron chi connectivity index (χ0n) is 4.91. The van der Waals surface area contributed by atoms with Crippen LogP contribution >= 0.6 is 23.1 Å². The SMILES string of the molecule is NCSCc1cscn1. The van der Waals surface area contributed by atoms with Crippen LogP contribution in [0, 0.1) is 0 Å². The molecule has 4 heteroatoms. The molecule has 0 aliphatic heterocycles. The van der Waals surface area contributed by atoms with Gasteiger partial charge in [0.15, 0.2) is 0 Å². The lowest BCUT2D eigenvalue weighted by atomic mass is 10.6. The highest BCUT2D eigenvalue weighted by atomic mass is 32.2. The first-order valence-electron chi connectivity index (χ1n) is 2.58. The lowest BCUT2D eigenvalue weighted by Crippen LogP contribution is -1.92. The summed E-state index contributed by atoms with van der Waals surface area (Å²) in [6.45, 7) is 0. The van der Waals surface area contributed by atoms with Crippen LogP contribution in [0.2, 0.25) is 0 Å². The summed E-state index contributed by atoms with van der Waals surface area (Å²) in [7, 11) is 0. The van der Waals surface area contributed by atoms with E-state index in [1.165, 1.54) is 0 Å². The van der Waals surface area contributed by atoms with Crippen molar-refractivity contribution in [3.63, 3.8) is 0 Å². The Morgan fingerprint density at radius 3 is 3.22 bits per heavy atom. The van der Waals surface area contributed by atoms with Gasteiger partial charge in [-0.05, 0) is 0 Å². The van der Waals surface area contributed by atoms with Crippen molar-refractivity contribution >= 4 is 23.1 Å². The second kappa shape index (κ2) is 3.87. The van der Waals surface area contributed by atoms with E-state index in [1.807, 2.05) is 10.9 Å². The van der Waals surface area contributed by atoms with Crippen molar-refractivity contribution in [2.45, 2.75) is 5.75 Å². The largest absolute Gasteiger partial charge is 0.322 e.